The lowest BCUT2D eigenvalue weighted by atomic mass is 10.1. The fourth-order valence-electron chi connectivity index (χ4n) is 3.19. The lowest BCUT2D eigenvalue weighted by molar-refractivity contribution is -0.143. The maximum Gasteiger partial charge on any atom is 0.374 e. The summed E-state index contributed by atoms with van der Waals surface area (Å²) in [4.78, 5) is 34.9. The molecule has 0 spiro atoms. The molecule has 2 aliphatic rings. The van der Waals surface area contributed by atoms with Crippen molar-refractivity contribution in [3.8, 4) is 0 Å². The first-order chi connectivity index (χ1) is 14.2. The highest BCUT2D eigenvalue weighted by Gasteiger charge is 2.52. The van der Waals surface area contributed by atoms with Crippen molar-refractivity contribution in [3.05, 3.63) is 35.9 Å². The molecule has 2 N–H and O–H groups in total. The Morgan fingerprint density at radius 3 is 2.10 bits per heavy atom. The molecule has 4 atom stereocenters. The molecule has 2 aliphatic heterocycles. The van der Waals surface area contributed by atoms with Gasteiger partial charge in [-0.25, -0.2) is 9.06 Å². The monoisotopic (exact) mass is 466 g/mol. The number of rotatable bonds is 7. The summed E-state index contributed by atoms with van der Waals surface area (Å²) < 4.78 is 56.6. The van der Waals surface area contributed by atoms with Gasteiger partial charge < -0.3 is 24.2 Å². The van der Waals surface area contributed by atoms with E-state index in [2.05, 4.69) is 0 Å². The van der Waals surface area contributed by atoms with Crippen LogP contribution >= 0.6 is 15.1 Å². The van der Waals surface area contributed by atoms with E-state index in [9.17, 15) is 28.1 Å². The number of halogens is 1. The number of alkyl halides is 1. The lowest BCUT2D eigenvalue weighted by Gasteiger charge is -2.34. The van der Waals surface area contributed by atoms with Gasteiger partial charge in [0, 0.05) is 26.2 Å². The third-order valence-corrected chi connectivity index (χ3v) is 9.44. The Bertz CT molecular complexity index is 817. The third kappa shape index (κ3) is 5.36. The van der Waals surface area contributed by atoms with Gasteiger partial charge >= 0.3 is 15.1 Å². The van der Waals surface area contributed by atoms with Crippen LogP contribution < -0.4 is 0 Å². The lowest BCUT2D eigenvalue weighted by Crippen LogP contribution is -2.43. The highest BCUT2D eigenvalue weighted by molar-refractivity contribution is 7.72. The number of hydrogen-bond acceptors (Lipinski definition) is 6. The molecule has 3 rings (SSSR count). The SMILES string of the molecule is O=C([C@@H](OP(=O)(O)C(F)P(=O)(O)N1CCOCC1)c1ccccc1)N1CCOCC1. The zero-order chi connectivity index (χ0) is 21.8. The molecule has 10 nitrogen and oxygen atoms in total. The van der Waals surface area contributed by atoms with Crippen LogP contribution in [0.4, 0.5) is 4.39 Å². The Morgan fingerprint density at radius 1 is 1.00 bits per heavy atom. The molecule has 1 amide bonds. The van der Waals surface area contributed by atoms with Crippen LogP contribution in [0.1, 0.15) is 11.7 Å². The second-order valence-electron chi connectivity index (χ2n) is 6.86. The van der Waals surface area contributed by atoms with Crippen molar-refractivity contribution in [2.24, 2.45) is 0 Å². The standard InChI is InChI=1S/C17H25FN2O8P2/c18-17(29(22,23)20-8-12-27-13-9-20)30(24,25)28-15(14-4-2-1-3-5-14)16(21)19-6-10-26-11-7-19/h1-5,15,17H,6-13H2,(H,22,23)(H,24,25)/t15-,17?/m0/s1. The van der Waals surface area contributed by atoms with Gasteiger partial charge in [0.15, 0.2) is 6.10 Å². The molecule has 0 radical (unpaired) electrons. The number of amides is 1. The molecule has 0 aromatic heterocycles. The Balaban J connectivity index is 1.83. The van der Waals surface area contributed by atoms with Crippen LogP contribution in [0.3, 0.4) is 0 Å². The van der Waals surface area contributed by atoms with Crippen LogP contribution in [-0.4, -0.2) is 83.5 Å². The second-order valence-corrected chi connectivity index (χ2v) is 11.3. The number of carbonyl (C=O) groups is 1. The average molecular weight is 466 g/mol. The van der Waals surface area contributed by atoms with Gasteiger partial charge in [-0.2, -0.15) is 0 Å². The van der Waals surface area contributed by atoms with Gasteiger partial charge in [0.05, 0.1) is 26.4 Å². The number of morpholine rings is 2. The molecular formula is C17H25FN2O8P2. The average Bonchev–Trinajstić information content (AvgIpc) is 2.78. The molecule has 2 fully saturated rings. The zero-order valence-corrected chi connectivity index (χ0v) is 18.0. The van der Waals surface area contributed by atoms with Crippen LogP contribution in [-0.2, 0) is 27.9 Å². The van der Waals surface area contributed by atoms with E-state index >= 15 is 0 Å². The normalized spacial score (nSPS) is 24.4. The van der Waals surface area contributed by atoms with Gasteiger partial charge in [-0.1, -0.05) is 30.3 Å². The van der Waals surface area contributed by atoms with Crippen molar-refractivity contribution in [3.63, 3.8) is 0 Å². The molecule has 1 aromatic rings. The molecule has 168 valence electrons. The van der Waals surface area contributed by atoms with Crippen LogP contribution in [0.2, 0.25) is 0 Å². The minimum absolute atomic E-state index is 0.0664. The van der Waals surface area contributed by atoms with Gasteiger partial charge in [0.2, 0.25) is 0 Å². The van der Waals surface area contributed by atoms with Gasteiger partial charge in [-0.05, 0) is 5.56 Å². The van der Waals surface area contributed by atoms with Crippen molar-refractivity contribution >= 4 is 21.0 Å². The highest BCUT2D eigenvalue weighted by Crippen LogP contribution is 2.68. The van der Waals surface area contributed by atoms with Crippen molar-refractivity contribution < 1.29 is 42.1 Å². The molecule has 0 saturated carbocycles. The van der Waals surface area contributed by atoms with Gasteiger partial charge in [-0.3, -0.25) is 18.4 Å². The summed E-state index contributed by atoms with van der Waals surface area (Å²) >= 11 is 0. The van der Waals surface area contributed by atoms with Gasteiger partial charge in [0.1, 0.15) is 0 Å². The minimum atomic E-state index is -5.34. The van der Waals surface area contributed by atoms with E-state index in [0.717, 1.165) is 4.67 Å². The number of hydrogen-bond donors (Lipinski definition) is 2. The fourth-order valence-corrected chi connectivity index (χ4v) is 6.93. The quantitative estimate of drug-likeness (QED) is 0.576. The number of benzene rings is 1. The summed E-state index contributed by atoms with van der Waals surface area (Å²) in [6.45, 7) is 1.12. The van der Waals surface area contributed by atoms with Gasteiger partial charge in [0.25, 0.3) is 11.6 Å². The molecule has 0 aliphatic carbocycles. The second kappa shape index (κ2) is 9.97. The van der Waals surface area contributed by atoms with Crippen LogP contribution in [0.15, 0.2) is 30.3 Å². The predicted octanol–water partition coefficient (Wildman–Crippen LogP) is 1.56. The van der Waals surface area contributed by atoms with E-state index in [-0.39, 0.29) is 45.0 Å². The summed E-state index contributed by atoms with van der Waals surface area (Å²) in [5, 5.41) is 0. The first-order valence-electron chi connectivity index (χ1n) is 9.45. The molecule has 13 heteroatoms. The van der Waals surface area contributed by atoms with Crippen molar-refractivity contribution in [1.82, 2.24) is 9.57 Å². The topological polar surface area (TPSA) is 126 Å². The number of carbonyl (C=O) groups excluding carboxylic acids is 1. The Morgan fingerprint density at radius 2 is 1.53 bits per heavy atom. The maximum atomic E-state index is 14.9. The molecular weight excluding hydrogens is 441 g/mol. The first kappa shape index (κ1) is 23.5. The van der Waals surface area contributed by atoms with E-state index in [1.165, 1.54) is 17.0 Å². The molecule has 3 unspecified atom stereocenters. The minimum Gasteiger partial charge on any atom is -0.379 e. The van der Waals surface area contributed by atoms with E-state index in [4.69, 9.17) is 14.0 Å². The third-order valence-electron chi connectivity index (χ3n) is 4.85. The van der Waals surface area contributed by atoms with E-state index in [1.54, 1.807) is 18.2 Å². The van der Waals surface area contributed by atoms with E-state index in [0.29, 0.717) is 13.2 Å². The first-order valence-corrected chi connectivity index (χ1v) is 12.8. The van der Waals surface area contributed by atoms with Crippen molar-refractivity contribution in [1.29, 1.82) is 0 Å². The summed E-state index contributed by atoms with van der Waals surface area (Å²) in [7, 11) is -10.2. The summed E-state index contributed by atoms with van der Waals surface area (Å²) in [5.74, 6) is -0.648. The van der Waals surface area contributed by atoms with E-state index in [1.807, 2.05) is 0 Å². The van der Waals surface area contributed by atoms with Crippen LogP contribution in [0.25, 0.3) is 0 Å². The fraction of sp³-hybridized carbons (Fsp3) is 0.588. The predicted molar refractivity (Wildman–Crippen MR) is 105 cm³/mol. The molecule has 2 saturated heterocycles. The number of ether oxygens (including phenoxy) is 2. The Kier molecular flexibility index (Phi) is 7.81. The Hall–Kier alpha value is -1.16. The number of nitrogens with zero attached hydrogens (tertiary/aromatic N) is 2. The highest BCUT2D eigenvalue weighted by atomic mass is 31.2. The van der Waals surface area contributed by atoms with Crippen LogP contribution in [0, 0.1) is 0 Å². The van der Waals surface area contributed by atoms with Crippen LogP contribution in [0.5, 0.6) is 0 Å². The Labute approximate surface area is 173 Å². The molecule has 2 heterocycles. The largest absolute Gasteiger partial charge is 0.379 e. The summed E-state index contributed by atoms with van der Waals surface area (Å²) in [5.41, 5.74) is -2.86. The molecule has 0 bridgehead atoms. The summed E-state index contributed by atoms with van der Waals surface area (Å²) in [6.07, 6.45) is -1.61. The molecule has 30 heavy (non-hydrogen) atoms. The summed E-state index contributed by atoms with van der Waals surface area (Å²) in [6, 6.07) is 7.86. The molecule has 1 aromatic carbocycles. The van der Waals surface area contributed by atoms with Crippen molar-refractivity contribution in [2.45, 2.75) is 11.8 Å². The van der Waals surface area contributed by atoms with E-state index < -0.39 is 32.8 Å². The maximum absolute atomic E-state index is 14.9. The van der Waals surface area contributed by atoms with Gasteiger partial charge in [-0.15, -0.1) is 0 Å². The smallest absolute Gasteiger partial charge is 0.374 e. The van der Waals surface area contributed by atoms with Crippen molar-refractivity contribution in [2.75, 3.05) is 52.6 Å². The zero-order valence-electron chi connectivity index (χ0n) is 16.2.